The first-order chi connectivity index (χ1) is 12.9. The minimum absolute atomic E-state index is 0.00885. The van der Waals surface area contributed by atoms with Crippen LogP contribution in [0.2, 0.25) is 0 Å². The van der Waals surface area contributed by atoms with Crippen molar-refractivity contribution in [3.63, 3.8) is 0 Å². The number of H-pyrrole nitrogens is 1. The first kappa shape index (κ1) is 19.2. The Hall–Kier alpha value is -2.55. The molecule has 0 saturated heterocycles. The van der Waals surface area contributed by atoms with Crippen LogP contribution in [0.3, 0.4) is 0 Å². The lowest BCUT2D eigenvalue weighted by atomic mass is 10.0. The molecule has 0 bridgehead atoms. The zero-order valence-corrected chi connectivity index (χ0v) is 16.7. The van der Waals surface area contributed by atoms with E-state index < -0.39 is 0 Å². The van der Waals surface area contributed by atoms with Gasteiger partial charge in [-0.15, -0.1) is 11.8 Å². The molecule has 1 aromatic heterocycles. The number of fused-ring (bicyclic) bond motifs is 1. The highest BCUT2D eigenvalue weighted by Crippen LogP contribution is 2.46. The van der Waals surface area contributed by atoms with Crippen molar-refractivity contribution in [2.24, 2.45) is 0 Å². The summed E-state index contributed by atoms with van der Waals surface area (Å²) >= 11 is 1.38. The van der Waals surface area contributed by atoms with E-state index in [1.54, 1.807) is 18.9 Å². The largest absolute Gasteiger partial charge is 0.493 e. The van der Waals surface area contributed by atoms with Gasteiger partial charge in [-0.2, -0.15) is 0 Å². The lowest BCUT2D eigenvalue weighted by molar-refractivity contribution is -0.113. The summed E-state index contributed by atoms with van der Waals surface area (Å²) in [6, 6.07) is 3.61. The van der Waals surface area contributed by atoms with E-state index in [0.717, 1.165) is 5.56 Å². The lowest BCUT2D eigenvalue weighted by Gasteiger charge is -2.19. The number of methoxy groups -OCH3 is 3. The van der Waals surface area contributed by atoms with Crippen LogP contribution >= 0.6 is 11.8 Å². The molecule has 2 N–H and O–H groups in total. The molecule has 9 heteroatoms. The number of aromatic nitrogens is 2. The second kappa shape index (κ2) is 7.59. The molecule has 0 radical (unpaired) electrons. The third-order valence-corrected chi connectivity index (χ3v) is 5.64. The fraction of sp³-hybridized carbons (Fsp3) is 0.444. The third-order valence-electron chi connectivity index (χ3n) is 4.37. The molecule has 0 spiro atoms. The number of benzene rings is 1. The average Bonchev–Trinajstić information content (AvgIpc) is 2.86. The second-order valence-corrected chi connectivity index (χ2v) is 7.46. The van der Waals surface area contributed by atoms with Crippen molar-refractivity contribution in [3.05, 3.63) is 33.6 Å². The first-order valence-corrected chi connectivity index (χ1v) is 9.51. The maximum absolute atomic E-state index is 12.7. The molecule has 27 heavy (non-hydrogen) atoms. The maximum Gasteiger partial charge on any atom is 0.270 e. The Labute approximate surface area is 161 Å². The van der Waals surface area contributed by atoms with Gasteiger partial charge in [-0.05, 0) is 31.5 Å². The van der Waals surface area contributed by atoms with Gasteiger partial charge in [0.1, 0.15) is 5.82 Å². The number of carbonyl (C=O) groups is 1. The van der Waals surface area contributed by atoms with Crippen LogP contribution in [0.15, 0.2) is 16.9 Å². The van der Waals surface area contributed by atoms with Crippen molar-refractivity contribution in [2.75, 3.05) is 32.4 Å². The highest BCUT2D eigenvalue weighted by atomic mass is 32.2. The molecule has 8 nitrogen and oxygen atoms in total. The molecule has 1 atom stereocenters. The number of thioether (sulfide) groups is 1. The predicted molar refractivity (Wildman–Crippen MR) is 104 cm³/mol. The molecule has 1 aliphatic heterocycles. The topological polar surface area (TPSA) is 94.6 Å². The first-order valence-electron chi connectivity index (χ1n) is 8.47. The van der Waals surface area contributed by atoms with Gasteiger partial charge in [0.25, 0.3) is 5.56 Å². The summed E-state index contributed by atoms with van der Waals surface area (Å²) in [5, 5.41) is 5.32. The van der Waals surface area contributed by atoms with E-state index in [4.69, 9.17) is 14.2 Å². The summed E-state index contributed by atoms with van der Waals surface area (Å²) in [6.07, 6.45) is 0. The third kappa shape index (κ3) is 3.39. The molecule has 1 aromatic carbocycles. The molecule has 1 aliphatic rings. The van der Waals surface area contributed by atoms with E-state index in [0.29, 0.717) is 28.6 Å². The maximum atomic E-state index is 12.7. The van der Waals surface area contributed by atoms with E-state index in [2.05, 4.69) is 10.4 Å². The summed E-state index contributed by atoms with van der Waals surface area (Å²) in [5.41, 5.74) is 1.07. The van der Waals surface area contributed by atoms with E-state index in [-0.39, 0.29) is 28.5 Å². The molecule has 0 unspecified atom stereocenters. The van der Waals surface area contributed by atoms with Crippen molar-refractivity contribution >= 4 is 23.5 Å². The number of amides is 1. The quantitative estimate of drug-likeness (QED) is 0.811. The molecule has 1 amide bonds. The van der Waals surface area contributed by atoms with Gasteiger partial charge in [-0.25, -0.2) is 0 Å². The Morgan fingerprint density at radius 2 is 1.74 bits per heavy atom. The van der Waals surface area contributed by atoms with Crippen LogP contribution in [0.25, 0.3) is 0 Å². The molecule has 3 rings (SSSR count). The summed E-state index contributed by atoms with van der Waals surface area (Å²) in [5.74, 6) is 2.06. The SMILES string of the molecule is COc1cc([C@@H]2SCC(=O)Nc3c2c(=O)[nH]n3C(C)C)cc(OC)c1OC. The summed E-state index contributed by atoms with van der Waals surface area (Å²) in [4.78, 5) is 25.0. The van der Waals surface area contributed by atoms with E-state index in [9.17, 15) is 9.59 Å². The van der Waals surface area contributed by atoms with Crippen LogP contribution in [0.5, 0.6) is 17.2 Å². The molecule has 0 aliphatic carbocycles. The number of anilines is 1. The van der Waals surface area contributed by atoms with E-state index in [1.807, 2.05) is 26.0 Å². The van der Waals surface area contributed by atoms with Crippen molar-refractivity contribution in [3.8, 4) is 17.2 Å². The number of rotatable bonds is 5. The van der Waals surface area contributed by atoms with Crippen LogP contribution in [-0.2, 0) is 4.79 Å². The van der Waals surface area contributed by atoms with Crippen molar-refractivity contribution in [1.29, 1.82) is 0 Å². The highest BCUT2D eigenvalue weighted by Gasteiger charge is 2.32. The van der Waals surface area contributed by atoms with Gasteiger partial charge < -0.3 is 19.5 Å². The molecule has 0 saturated carbocycles. The number of ether oxygens (including phenoxy) is 3. The number of aromatic amines is 1. The fourth-order valence-corrected chi connectivity index (χ4v) is 4.25. The van der Waals surface area contributed by atoms with Gasteiger partial charge in [0.15, 0.2) is 11.5 Å². The van der Waals surface area contributed by atoms with Gasteiger partial charge in [-0.3, -0.25) is 19.4 Å². The van der Waals surface area contributed by atoms with Crippen LogP contribution < -0.4 is 25.1 Å². The van der Waals surface area contributed by atoms with Gasteiger partial charge in [0, 0.05) is 6.04 Å². The number of nitrogens with one attached hydrogen (secondary N) is 2. The van der Waals surface area contributed by atoms with Crippen LogP contribution in [0, 0.1) is 0 Å². The lowest BCUT2D eigenvalue weighted by Crippen LogP contribution is -2.17. The molecule has 0 fully saturated rings. The van der Waals surface area contributed by atoms with Crippen LogP contribution in [0.1, 0.15) is 36.3 Å². The van der Waals surface area contributed by atoms with Crippen LogP contribution in [0.4, 0.5) is 5.82 Å². The van der Waals surface area contributed by atoms with Crippen molar-refractivity contribution in [1.82, 2.24) is 9.78 Å². The van der Waals surface area contributed by atoms with Crippen LogP contribution in [-0.4, -0.2) is 42.8 Å². The van der Waals surface area contributed by atoms with Gasteiger partial charge >= 0.3 is 0 Å². The van der Waals surface area contributed by atoms with Gasteiger partial charge in [0.2, 0.25) is 11.7 Å². The number of carbonyl (C=O) groups excluding carboxylic acids is 1. The molecule has 2 aromatic rings. The zero-order chi connectivity index (χ0) is 19.7. The standard InChI is InChI=1S/C18H23N3O5S/c1-9(2)21-17-14(18(23)20-21)16(27-8-13(22)19-17)10-6-11(24-3)15(26-5)12(7-10)25-4/h6-7,9,16H,8H2,1-5H3,(H,19,22)(H,20,23)/t16-/m0/s1. The summed E-state index contributed by atoms with van der Waals surface area (Å²) in [7, 11) is 4.62. The molecular weight excluding hydrogens is 370 g/mol. The molecule has 146 valence electrons. The Bertz CT molecular complexity index is 893. The normalized spacial score (nSPS) is 16.5. The minimum atomic E-state index is -0.364. The van der Waals surface area contributed by atoms with Gasteiger partial charge in [0.05, 0.1) is 37.9 Å². The smallest absolute Gasteiger partial charge is 0.270 e. The highest BCUT2D eigenvalue weighted by molar-refractivity contribution is 8.00. The fourth-order valence-electron chi connectivity index (χ4n) is 3.15. The second-order valence-electron chi connectivity index (χ2n) is 6.36. The van der Waals surface area contributed by atoms with E-state index in [1.165, 1.54) is 18.9 Å². The van der Waals surface area contributed by atoms with E-state index >= 15 is 0 Å². The Morgan fingerprint density at radius 1 is 1.11 bits per heavy atom. The monoisotopic (exact) mass is 393 g/mol. The summed E-state index contributed by atoms with van der Waals surface area (Å²) in [6.45, 7) is 3.88. The Morgan fingerprint density at radius 3 is 2.26 bits per heavy atom. The Balaban J connectivity index is 2.21. The Kier molecular flexibility index (Phi) is 5.41. The number of nitrogens with zero attached hydrogens (tertiary/aromatic N) is 1. The molecular formula is C18H23N3O5S. The van der Waals surface area contributed by atoms with Crippen molar-refractivity contribution < 1.29 is 19.0 Å². The number of hydrogen-bond donors (Lipinski definition) is 2. The zero-order valence-electron chi connectivity index (χ0n) is 15.9. The molecule has 2 heterocycles. The predicted octanol–water partition coefficient (Wildman–Crippen LogP) is 2.56. The summed E-state index contributed by atoms with van der Waals surface area (Å²) < 4.78 is 17.9. The minimum Gasteiger partial charge on any atom is -0.493 e. The van der Waals surface area contributed by atoms with Crippen molar-refractivity contribution in [2.45, 2.75) is 25.1 Å². The average molecular weight is 393 g/mol. The van der Waals surface area contributed by atoms with Gasteiger partial charge in [-0.1, -0.05) is 0 Å². The number of hydrogen-bond acceptors (Lipinski definition) is 6.